The van der Waals surface area contributed by atoms with E-state index in [2.05, 4.69) is 10.3 Å². The molecular formula is C18H15FN4O3. The molecule has 0 radical (unpaired) electrons. The Kier molecular flexibility index (Phi) is 4.74. The Morgan fingerprint density at radius 1 is 1.27 bits per heavy atom. The number of carbonyl (C=O) groups excluding carboxylic acids is 1. The van der Waals surface area contributed by atoms with Crippen LogP contribution in [0.4, 0.5) is 21.5 Å². The molecule has 0 aliphatic rings. The maximum absolute atomic E-state index is 13.2. The fraction of sp³-hybridized carbons (Fsp3) is 0.111. The van der Waals surface area contributed by atoms with Gasteiger partial charge in [-0.15, -0.1) is 0 Å². The van der Waals surface area contributed by atoms with Crippen LogP contribution >= 0.6 is 0 Å². The zero-order valence-corrected chi connectivity index (χ0v) is 13.8. The number of halogens is 1. The third-order valence-electron chi connectivity index (χ3n) is 3.82. The van der Waals surface area contributed by atoms with Gasteiger partial charge in [-0.05, 0) is 36.4 Å². The molecule has 8 heteroatoms. The highest BCUT2D eigenvalue weighted by Gasteiger charge is 2.18. The summed E-state index contributed by atoms with van der Waals surface area (Å²) in [5.41, 5.74) is 1.33. The van der Waals surface area contributed by atoms with Gasteiger partial charge in [0.05, 0.1) is 22.5 Å². The van der Waals surface area contributed by atoms with Crippen molar-refractivity contribution in [3.8, 4) is 0 Å². The Labute approximate surface area is 148 Å². The molecule has 1 N–H and O–H groups in total. The number of pyridine rings is 1. The number of nitrogens with zero attached hydrogens (tertiary/aromatic N) is 3. The van der Waals surface area contributed by atoms with Crippen LogP contribution in [-0.4, -0.2) is 29.4 Å². The van der Waals surface area contributed by atoms with Crippen LogP contribution in [0.5, 0.6) is 0 Å². The summed E-state index contributed by atoms with van der Waals surface area (Å²) in [5, 5.41) is 14.2. The quantitative estimate of drug-likeness (QED) is 0.561. The van der Waals surface area contributed by atoms with Gasteiger partial charge < -0.3 is 10.2 Å². The number of carbonyl (C=O) groups is 1. The number of benzene rings is 2. The van der Waals surface area contributed by atoms with E-state index in [9.17, 15) is 19.3 Å². The van der Waals surface area contributed by atoms with Crippen molar-refractivity contribution in [1.29, 1.82) is 0 Å². The van der Waals surface area contributed by atoms with Gasteiger partial charge >= 0.3 is 0 Å². The summed E-state index contributed by atoms with van der Waals surface area (Å²) < 4.78 is 13.2. The van der Waals surface area contributed by atoms with Gasteiger partial charge in [0.1, 0.15) is 11.3 Å². The number of rotatable bonds is 5. The molecule has 0 saturated carbocycles. The zero-order chi connectivity index (χ0) is 18.7. The van der Waals surface area contributed by atoms with Crippen LogP contribution in [0.15, 0.2) is 54.7 Å². The summed E-state index contributed by atoms with van der Waals surface area (Å²) >= 11 is 0. The lowest BCUT2D eigenvalue weighted by molar-refractivity contribution is -0.383. The third-order valence-corrected chi connectivity index (χ3v) is 3.82. The van der Waals surface area contributed by atoms with Gasteiger partial charge in [0.15, 0.2) is 0 Å². The summed E-state index contributed by atoms with van der Waals surface area (Å²) in [7, 11) is 1.68. The zero-order valence-electron chi connectivity index (χ0n) is 13.8. The highest BCUT2D eigenvalue weighted by atomic mass is 19.1. The van der Waals surface area contributed by atoms with Crippen molar-refractivity contribution in [2.75, 3.05) is 23.8 Å². The first-order chi connectivity index (χ1) is 12.5. The summed E-state index contributed by atoms with van der Waals surface area (Å²) in [6, 6.07) is 11.8. The standard InChI is InChI=1S/C18H15FN4O3/c1-22(11-17(24)21-13-5-2-4-12(19)10-13)16-8-7-15(23(25)26)14-6-3-9-20-18(14)16/h2-10H,11H2,1H3,(H,21,24). The minimum atomic E-state index is -0.468. The fourth-order valence-corrected chi connectivity index (χ4v) is 2.68. The van der Waals surface area contributed by atoms with Crippen LogP contribution in [0.1, 0.15) is 0 Å². The lowest BCUT2D eigenvalue weighted by atomic mass is 10.1. The first-order valence-corrected chi connectivity index (χ1v) is 7.74. The smallest absolute Gasteiger partial charge is 0.278 e. The molecule has 132 valence electrons. The average molecular weight is 354 g/mol. The number of non-ortho nitro benzene ring substituents is 1. The lowest BCUT2D eigenvalue weighted by Crippen LogP contribution is -2.30. The molecule has 0 aliphatic carbocycles. The molecule has 1 aromatic heterocycles. The van der Waals surface area contributed by atoms with Crippen molar-refractivity contribution in [2.24, 2.45) is 0 Å². The molecule has 3 rings (SSSR count). The van der Waals surface area contributed by atoms with Crippen molar-refractivity contribution < 1.29 is 14.1 Å². The molecule has 0 spiro atoms. The number of nitro benzene ring substituents is 1. The van der Waals surface area contributed by atoms with E-state index in [1.807, 2.05) is 0 Å². The van der Waals surface area contributed by atoms with Gasteiger partial charge in [0, 0.05) is 25.0 Å². The van der Waals surface area contributed by atoms with E-state index in [4.69, 9.17) is 0 Å². The Morgan fingerprint density at radius 3 is 2.81 bits per heavy atom. The Balaban J connectivity index is 1.84. The normalized spacial score (nSPS) is 10.5. The second-order valence-electron chi connectivity index (χ2n) is 5.68. The van der Waals surface area contributed by atoms with Gasteiger partial charge in [-0.3, -0.25) is 19.9 Å². The number of fused-ring (bicyclic) bond motifs is 1. The van der Waals surface area contributed by atoms with Crippen LogP contribution < -0.4 is 10.2 Å². The number of likely N-dealkylation sites (N-methyl/N-ethyl adjacent to an activating group) is 1. The van der Waals surface area contributed by atoms with Crippen molar-refractivity contribution in [1.82, 2.24) is 4.98 Å². The molecule has 3 aromatic rings. The minimum absolute atomic E-state index is 0.0278. The Hall–Kier alpha value is -3.55. The summed E-state index contributed by atoms with van der Waals surface area (Å²) in [5.74, 6) is -0.790. The number of hydrogen-bond donors (Lipinski definition) is 1. The van der Waals surface area contributed by atoms with E-state index < -0.39 is 10.7 Å². The van der Waals surface area contributed by atoms with Gasteiger partial charge in [0.2, 0.25) is 5.91 Å². The van der Waals surface area contributed by atoms with E-state index in [1.165, 1.54) is 30.5 Å². The molecule has 0 unspecified atom stereocenters. The van der Waals surface area contributed by atoms with Crippen LogP contribution in [0.3, 0.4) is 0 Å². The monoisotopic (exact) mass is 354 g/mol. The van der Waals surface area contributed by atoms with Crippen molar-refractivity contribution in [3.05, 3.63) is 70.7 Å². The van der Waals surface area contributed by atoms with Crippen LogP contribution in [0, 0.1) is 15.9 Å². The average Bonchev–Trinajstić information content (AvgIpc) is 2.60. The van der Waals surface area contributed by atoms with Gasteiger partial charge in [-0.1, -0.05) is 6.07 Å². The predicted octanol–water partition coefficient (Wildman–Crippen LogP) is 3.36. The SMILES string of the molecule is CN(CC(=O)Nc1cccc(F)c1)c1ccc([N+](=O)[O-])c2cccnc12. The molecule has 2 aromatic carbocycles. The van der Waals surface area contributed by atoms with E-state index in [-0.39, 0.29) is 18.1 Å². The molecule has 0 saturated heterocycles. The number of nitrogens with one attached hydrogen (secondary N) is 1. The number of nitro groups is 1. The molecule has 7 nitrogen and oxygen atoms in total. The fourth-order valence-electron chi connectivity index (χ4n) is 2.68. The lowest BCUT2D eigenvalue weighted by Gasteiger charge is -2.20. The Bertz CT molecular complexity index is 993. The molecule has 0 aliphatic heterocycles. The second kappa shape index (κ2) is 7.14. The first-order valence-electron chi connectivity index (χ1n) is 7.74. The molecular weight excluding hydrogens is 339 g/mol. The van der Waals surface area contributed by atoms with Crippen molar-refractivity contribution in [2.45, 2.75) is 0 Å². The van der Waals surface area contributed by atoms with Crippen molar-refractivity contribution >= 4 is 33.9 Å². The molecule has 1 amide bonds. The maximum atomic E-state index is 13.2. The van der Waals surface area contributed by atoms with Crippen molar-refractivity contribution in [3.63, 3.8) is 0 Å². The van der Waals surface area contributed by atoms with E-state index in [0.717, 1.165) is 0 Å². The topological polar surface area (TPSA) is 88.4 Å². The van der Waals surface area contributed by atoms with Crippen LogP contribution in [0.2, 0.25) is 0 Å². The minimum Gasteiger partial charge on any atom is -0.364 e. The number of hydrogen-bond acceptors (Lipinski definition) is 5. The van der Waals surface area contributed by atoms with E-state index in [0.29, 0.717) is 22.3 Å². The third kappa shape index (κ3) is 3.59. The van der Waals surface area contributed by atoms with E-state index in [1.54, 1.807) is 36.2 Å². The largest absolute Gasteiger partial charge is 0.364 e. The predicted molar refractivity (Wildman–Crippen MR) is 96.7 cm³/mol. The molecule has 0 fully saturated rings. The highest BCUT2D eigenvalue weighted by molar-refractivity contribution is 5.99. The van der Waals surface area contributed by atoms with Crippen LogP contribution in [0.25, 0.3) is 10.9 Å². The van der Waals surface area contributed by atoms with E-state index >= 15 is 0 Å². The van der Waals surface area contributed by atoms with Crippen LogP contribution in [-0.2, 0) is 4.79 Å². The second-order valence-corrected chi connectivity index (χ2v) is 5.68. The maximum Gasteiger partial charge on any atom is 0.278 e. The number of anilines is 2. The molecule has 26 heavy (non-hydrogen) atoms. The molecule has 0 atom stereocenters. The summed E-state index contributed by atoms with van der Waals surface area (Å²) in [6.07, 6.45) is 1.54. The van der Waals surface area contributed by atoms with Gasteiger partial charge in [-0.25, -0.2) is 4.39 Å². The van der Waals surface area contributed by atoms with Gasteiger partial charge in [-0.2, -0.15) is 0 Å². The summed E-state index contributed by atoms with van der Waals surface area (Å²) in [6.45, 7) is -0.0278. The number of amides is 1. The summed E-state index contributed by atoms with van der Waals surface area (Å²) in [4.78, 5) is 28.8. The molecule has 0 bridgehead atoms. The first kappa shape index (κ1) is 17.3. The van der Waals surface area contributed by atoms with Gasteiger partial charge in [0.25, 0.3) is 5.69 Å². The highest BCUT2D eigenvalue weighted by Crippen LogP contribution is 2.31. The molecule has 1 heterocycles. The number of aromatic nitrogens is 1. The Morgan fingerprint density at radius 2 is 2.08 bits per heavy atom.